The molecule has 0 unspecified atom stereocenters. The Kier molecular flexibility index (Phi) is 2.85. The van der Waals surface area contributed by atoms with Gasteiger partial charge in [0.25, 0.3) is 17.2 Å². The van der Waals surface area contributed by atoms with Crippen LogP contribution in [0.2, 0.25) is 0 Å². The smallest absolute Gasteiger partial charge is 0.291 e. The summed E-state index contributed by atoms with van der Waals surface area (Å²) in [4.78, 5) is 23.2. The first kappa shape index (κ1) is 10.6. The van der Waals surface area contributed by atoms with Crippen LogP contribution in [0.4, 0.5) is 8.78 Å². The topological polar surface area (TPSA) is 70.2 Å². The van der Waals surface area contributed by atoms with Crippen molar-refractivity contribution >= 4 is 16.8 Å². The van der Waals surface area contributed by atoms with Crippen LogP contribution in [0.3, 0.4) is 0 Å². The van der Waals surface area contributed by atoms with Crippen molar-refractivity contribution in [2.24, 2.45) is 0 Å². The van der Waals surface area contributed by atoms with Crippen LogP contribution in [0.1, 0.15) is 22.5 Å². The van der Waals surface area contributed by atoms with Crippen LogP contribution < -0.4 is 5.56 Å². The molecule has 0 bridgehead atoms. The molecule has 4 nitrogen and oxygen atoms in total. The molecule has 0 radical (unpaired) electrons. The Morgan fingerprint density at radius 3 is 2.57 bits per heavy atom. The first-order valence-electron chi connectivity index (χ1n) is 3.37. The highest BCUT2D eigenvalue weighted by Crippen LogP contribution is 2.25. The number of carbonyl (C=O) groups is 1. The van der Waals surface area contributed by atoms with Gasteiger partial charge in [-0.25, -0.2) is 8.78 Å². The molecule has 14 heavy (non-hydrogen) atoms. The molecule has 7 heteroatoms. The van der Waals surface area contributed by atoms with Crippen molar-refractivity contribution in [2.45, 2.75) is 6.43 Å². The summed E-state index contributed by atoms with van der Waals surface area (Å²) >= 11 is 4.97. The molecule has 2 N–H and O–H groups in total. The molecule has 0 aliphatic heterocycles. The van der Waals surface area contributed by atoms with E-state index < -0.39 is 34.2 Å². The zero-order valence-electron chi connectivity index (χ0n) is 6.55. The first-order chi connectivity index (χ1) is 6.43. The summed E-state index contributed by atoms with van der Waals surface area (Å²) in [5.74, 6) is -1.11. The number of rotatable bonds is 2. The van der Waals surface area contributed by atoms with Crippen LogP contribution in [0.5, 0.6) is 5.75 Å². The lowest BCUT2D eigenvalue weighted by atomic mass is 10.2. The minimum Gasteiger partial charge on any atom is -0.503 e. The molecule has 0 amide bonds. The SMILES string of the molecule is O=C(Cl)c1cc(C(F)F)c(O)c(=O)[nH]1. The number of carbonyl (C=O) groups excluding carboxylic acids is 1. The highest BCUT2D eigenvalue weighted by molar-refractivity contribution is 6.67. The normalized spacial score (nSPS) is 10.6. The second kappa shape index (κ2) is 3.75. The molecule has 0 aromatic carbocycles. The van der Waals surface area contributed by atoms with Gasteiger partial charge in [-0.05, 0) is 17.7 Å². The number of aromatic nitrogens is 1. The maximum absolute atomic E-state index is 12.2. The third-order valence-corrected chi connectivity index (χ3v) is 1.69. The molecule has 0 aliphatic rings. The van der Waals surface area contributed by atoms with Gasteiger partial charge in [-0.15, -0.1) is 0 Å². The van der Waals surface area contributed by atoms with Crippen molar-refractivity contribution in [2.75, 3.05) is 0 Å². The van der Waals surface area contributed by atoms with Crippen molar-refractivity contribution in [3.05, 3.63) is 27.7 Å². The molecule has 0 saturated carbocycles. The molecular weight excluding hydrogens is 220 g/mol. The molecule has 76 valence electrons. The van der Waals surface area contributed by atoms with E-state index >= 15 is 0 Å². The Morgan fingerprint density at radius 1 is 1.57 bits per heavy atom. The lowest BCUT2D eigenvalue weighted by Gasteiger charge is -2.03. The van der Waals surface area contributed by atoms with Crippen LogP contribution in [-0.4, -0.2) is 15.3 Å². The fraction of sp³-hybridized carbons (Fsp3) is 0.143. The van der Waals surface area contributed by atoms with E-state index in [2.05, 4.69) is 0 Å². The molecule has 1 aromatic rings. The number of alkyl halides is 2. The van der Waals surface area contributed by atoms with E-state index in [0.717, 1.165) is 0 Å². The summed E-state index contributed by atoms with van der Waals surface area (Å²) in [5, 5.41) is 7.82. The summed E-state index contributed by atoms with van der Waals surface area (Å²) in [6, 6.07) is 0.636. The van der Waals surface area contributed by atoms with Crippen LogP contribution in [0.25, 0.3) is 0 Å². The Labute approximate surface area is 81.1 Å². The predicted molar refractivity (Wildman–Crippen MR) is 43.9 cm³/mol. The maximum atomic E-state index is 12.2. The van der Waals surface area contributed by atoms with E-state index in [9.17, 15) is 18.4 Å². The Bertz CT molecular complexity index is 429. The summed E-state index contributed by atoms with van der Waals surface area (Å²) in [6.45, 7) is 0. The van der Waals surface area contributed by atoms with Gasteiger partial charge in [0.1, 0.15) is 5.69 Å². The summed E-state index contributed by atoms with van der Waals surface area (Å²) in [7, 11) is 0. The molecule has 0 atom stereocenters. The van der Waals surface area contributed by atoms with E-state index in [4.69, 9.17) is 16.7 Å². The zero-order valence-corrected chi connectivity index (χ0v) is 7.31. The number of hydrogen-bond donors (Lipinski definition) is 2. The van der Waals surface area contributed by atoms with Crippen molar-refractivity contribution in [1.29, 1.82) is 0 Å². The van der Waals surface area contributed by atoms with Gasteiger partial charge in [0.15, 0.2) is 5.75 Å². The number of halogens is 3. The minimum atomic E-state index is -3.05. The Morgan fingerprint density at radius 2 is 2.14 bits per heavy atom. The predicted octanol–water partition coefficient (Wildman–Crippen LogP) is 1.40. The molecule has 0 saturated heterocycles. The van der Waals surface area contributed by atoms with E-state index in [0.29, 0.717) is 6.07 Å². The van der Waals surface area contributed by atoms with Gasteiger partial charge in [-0.2, -0.15) is 0 Å². The lowest BCUT2D eigenvalue weighted by molar-refractivity contribution is 0.107. The van der Waals surface area contributed by atoms with Crippen molar-refractivity contribution in [3.8, 4) is 5.75 Å². The largest absolute Gasteiger partial charge is 0.503 e. The highest BCUT2D eigenvalue weighted by atomic mass is 35.5. The van der Waals surface area contributed by atoms with Gasteiger partial charge in [0.05, 0.1) is 5.56 Å². The average Bonchev–Trinajstić information content (AvgIpc) is 2.08. The molecular formula is C7H4ClF2NO3. The lowest BCUT2D eigenvalue weighted by Crippen LogP contribution is -2.12. The Hall–Kier alpha value is -1.43. The number of hydrogen-bond acceptors (Lipinski definition) is 3. The van der Waals surface area contributed by atoms with Gasteiger partial charge in [0, 0.05) is 0 Å². The van der Waals surface area contributed by atoms with Gasteiger partial charge in [-0.1, -0.05) is 0 Å². The van der Waals surface area contributed by atoms with Gasteiger partial charge in [0.2, 0.25) is 0 Å². The molecule has 0 spiro atoms. The van der Waals surface area contributed by atoms with Crippen LogP contribution in [0.15, 0.2) is 10.9 Å². The quantitative estimate of drug-likeness (QED) is 0.745. The third-order valence-electron chi connectivity index (χ3n) is 1.48. The second-order valence-electron chi connectivity index (χ2n) is 2.39. The number of aromatic hydroxyl groups is 1. The summed E-state index contributed by atoms with van der Waals surface area (Å²) < 4.78 is 24.4. The number of H-pyrrole nitrogens is 1. The van der Waals surface area contributed by atoms with Gasteiger partial charge >= 0.3 is 0 Å². The van der Waals surface area contributed by atoms with Crippen LogP contribution in [-0.2, 0) is 0 Å². The fourth-order valence-corrected chi connectivity index (χ4v) is 0.947. The number of nitrogens with one attached hydrogen (secondary N) is 1. The zero-order chi connectivity index (χ0) is 10.9. The van der Waals surface area contributed by atoms with Gasteiger partial charge in [-0.3, -0.25) is 9.59 Å². The first-order valence-corrected chi connectivity index (χ1v) is 3.75. The number of aromatic amines is 1. The summed E-state index contributed by atoms with van der Waals surface area (Å²) in [5.41, 5.74) is -2.57. The van der Waals surface area contributed by atoms with Crippen molar-refractivity contribution in [3.63, 3.8) is 0 Å². The average molecular weight is 224 g/mol. The van der Waals surface area contributed by atoms with Gasteiger partial charge < -0.3 is 10.1 Å². The molecule has 0 fully saturated rings. The minimum absolute atomic E-state index is 0.482. The van der Waals surface area contributed by atoms with Crippen molar-refractivity contribution < 1.29 is 18.7 Å². The standard InChI is InChI=1S/C7H4ClF2NO3/c8-5(13)3-1-2(6(9)10)4(12)7(14)11-3/h1,6,12H,(H,11,14). The molecule has 1 aromatic heterocycles. The Balaban J connectivity index is 3.43. The second-order valence-corrected chi connectivity index (χ2v) is 2.73. The molecule has 1 heterocycles. The molecule has 0 aliphatic carbocycles. The number of pyridine rings is 1. The van der Waals surface area contributed by atoms with E-state index in [1.54, 1.807) is 0 Å². The maximum Gasteiger partial charge on any atom is 0.291 e. The monoisotopic (exact) mass is 223 g/mol. The van der Waals surface area contributed by atoms with Crippen LogP contribution >= 0.6 is 11.6 Å². The summed E-state index contributed by atoms with van der Waals surface area (Å²) in [6.07, 6.45) is -3.05. The fourth-order valence-electron chi connectivity index (χ4n) is 0.845. The third kappa shape index (κ3) is 1.90. The van der Waals surface area contributed by atoms with Crippen molar-refractivity contribution in [1.82, 2.24) is 4.98 Å². The van der Waals surface area contributed by atoms with E-state index in [-0.39, 0.29) is 0 Å². The highest BCUT2D eigenvalue weighted by Gasteiger charge is 2.18. The van der Waals surface area contributed by atoms with Crippen LogP contribution in [0, 0.1) is 0 Å². The van der Waals surface area contributed by atoms with E-state index in [1.807, 2.05) is 4.98 Å². The molecule has 1 rings (SSSR count). The van der Waals surface area contributed by atoms with E-state index in [1.165, 1.54) is 0 Å².